The molecule has 2 aromatic rings. The first kappa shape index (κ1) is 14.1. The summed E-state index contributed by atoms with van der Waals surface area (Å²) in [6.45, 7) is 4.24. The predicted molar refractivity (Wildman–Crippen MR) is 82.9 cm³/mol. The van der Waals surface area contributed by atoms with Gasteiger partial charge in [0.1, 0.15) is 11.3 Å². The monoisotopic (exact) mass is 287 g/mol. The molecular formula is C17H21NO3. The van der Waals surface area contributed by atoms with Crippen LogP contribution in [0.2, 0.25) is 0 Å². The Morgan fingerprint density at radius 2 is 1.90 bits per heavy atom. The molecule has 0 N–H and O–H groups in total. The van der Waals surface area contributed by atoms with E-state index >= 15 is 0 Å². The predicted octanol–water partition coefficient (Wildman–Crippen LogP) is 3.05. The van der Waals surface area contributed by atoms with Crippen LogP contribution in [0.3, 0.4) is 0 Å². The molecule has 1 aliphatic heterocycles. The molecule has 4 heteroatoms. The molecule has 0 atom stereocenters. The average molecular weight is 287 g/mol. The molecule has 112 valence electrons. The quantitative estimate of drug-likeness (QED) is 0.626. The van der Waals surface area contributed by atoms with E-state index in [1.54, 1.807) is 12.1 Å². The summed E-state index contributed by atoms with van der Waals surface area (Å²) in [5.74, 6) is 0.760. The number of hydrogen-bond donors (Lipinski definition) is 0. The molecule has 0 saturated carbocycles. The van der Waals surface area contributed by atoms with Gasteiger partial charge in [0.15, 0.2) is 0 Å². The number of rotatable bonds is 5. The van der Waals surface area contributed by atoms with Crippen molar-refractivity contribution in [2.24, 2.45) is 0 Å². The third-order valence-electron chi connectivity index (χ3n) is 3.93. The topological polar surface area (TPSA) is 42.7 Å². The zero-order chi connectivity index (χ0) is 14.5. The minimum absolute atomic E-state index is 0.329. The summed E-state index contributed by atoms with van der Waals surface area (Å²) in [7, 11) is 0. The Hall–Kier alpha value is -1.81. The highest BCUT2D eigenvalue weighted by atomic mass is 16.5. The van der Waals surface area contributed by atoms with E-state index in [9.17, 15) is 4.79 Å². The third-order valence-corrected chi connectivity index (χ3v) is 3.93. The van der Waals surface area contributed by atoms with Gasteiger partial charge in [-0.3, -0.25) is 0 Å². The Morgan fingerprint density at radius 1 is 1.10 bits per heavy atom. The Labute approximate surface area is 124 Å². The molecule has 1 saturated heterocycles. The van der Waals surface area contributed by atoms with Crippen LogP contribution in [0.1, 0.15) is 25.7 Å². The van der Waals surface area contributed by atoms with Gasteiger partial charge in [0.05, 0.1) is 6.61 Å². The lowest BCUT2D eigenvalue weighted by atomic mass is 10.1. The van der Waals surface area contributed by atoms with Gasteiger partial charge in [-0.1, -0.05) is 6.42 Å². The van der Waals surface area contributed by atoms with E-state index in [1.165, 1.54) is 38.4 Å². The summed E-state index contributed by atoms with van der Waals surface area (Å²) in [5.41, 5.74) is 0.251. The molecule has 0 amide bonds. The number of likely N-dealkylation sites (tertiary alicyclic amines) is 1. The Bertz CT molecular complexity index is 644. The van der Waals surface area contributed by atoms with Crippen molar-refractivity contribution in [3.05, 3.63) is 40.8 Å². The second-order valence-electron chi connectivity index (χ2n) is 5.56. The van der Waals surface area contributed by atoms with Crippen LogP contribution < -0.4 is 10.4 Å². The molecule has 3 rings (SSSR count). The van der Waals surface area contributed by atoms with Gasteiger partial charge in [-0.25, -0.2) is 4.79 Å². The van der Waals surface area contributed by atoms with Gasteiger partial charge in [-0.15, -0.1) is 0 Å². The van der Waals surface area contributed by atoms with Crippen molar-refractivity contribution >= 4 is 11.0 Å². The maximum absolute atomic E-state index is 11.2. The van der Waals surface area contributed by atoms with Gasteiger partial charge in [-0.2, -0.15) is 0 Å². The molecule has 21 heavy (non-hydrogen) atoms. The lowest BCUT2D eigenvalue weighted by Gasteiger charge is -2.26. The standard InChI is InChI=1S/C17H21NO3/c19-17-8-6-14-5-7-15(13-16(14)21-17)20-12-4-11-18-9-2-1-3-10-18/h5-8,13H,1-4,9-12H2. The highest BCUT2D eigenvalue weighted by Crippen LogP contribution is 2.19. The van der Waals surface area contributed by atoms with Gasteiger partial charge in [0, 0.05) is 24.1 Å². The minimum atomic E-state index is -0.329. The summed E-state index contributed by atoms with van der Waals surface area (Å²) in [6.07, 6.45) is 5.04. The first-order chi connectivity index (χ1) is 10.3. The van der Waals surface area contributed by atoms with Crippen LogP contribution in [0.15, 0.2) is 39.5 Å². The molecule has 2 heterocycles. The third kappa shape index (κ3) is 3.85. The van der Waals surface area contributed by atoms with Crippen LogP contribution in [0.4, 0.5) is 0 Å². The molecule has 0 radical (unpaired) electrons. The molecule has 4 nitrogen and oxygen atoms in total. The van der Waals surface area contributed by atoms with E-state index in [-0.39, 0.29) is 5.63 Å². The number of hydrogen-bond acceptors (Lipinski definition) is 4. The Morgan fingerprint density at radius 3 is 2.76 bits per heavy atom. The molecule has 1 aromatic carbocycles. The fourth-order valence-electron chi connectivity index (χ4n) is 2.79. The lowest BCUT2D eigenvalue weighted by molar-refractivity contribution is 0.205. The highest BCUT2D eigenvalue weighted by Gasteiger charge is 2.09. The van der Waals surface area contributed by atoms with E-state index in [1.807, 2.05) is 12.1 Å². The number of benzene rings is 1. The van der Waals surface area contributed by atoms with Crippen molar-refractivity contribution in [2.75, 3.05) is 26.2 Å². The van der Waals surface area contributed by atoms with Crippen LogP contribution in [0.25, 0.3) is 11.0 Å². The smallest absolute Gasteiger partial charge is 0.336 e. The van der Waals surface area contributed by atoms with E-state index in [2.05, 4.69) is 4.90 Å². The maximum Gasteiger partial charge on any atom is 0.336 e. The van der Waals surface area contributed by atoms with Gasteiger partial charge in [-0.05, 0) is 50.6 Å². The molecule has 0 bridgehead atoms. The first-order valence-corrected chi connectivity index (χ1v) is 7.70. The van der Waals surface area contributed by atoms with E-state index < -0.39 is 0 Å². The van der Waals surface area contributed by atoms with Crippen LogP contribution in [-0.4, -0.2) is 31.1 Å². The van der Waals surface area contributed by atoms with Gasteiger partial charge >= 0.3 is 5.63 Å². The summed E-state index contributed by atoms with van der Waals surface area (Å²) in [5, 5.41) is 0.912. The molecule has 0 aliphatic carbocycles. The molecule has 1 fully saturated rings. The summed E-state index contributed by atoms with van der Waals surface area (Å²) >= 11 is 0. The second-order valence-corrected chi connectivity index (χ2v) is 5.56. The van der Waals surface area contributed by atoms with Crippen LogP contribution >= 0.6 is 0 Å². The summed E-state index contributed by atoms with van der Waals surface area (Å²) < 4.78 is 10.9. The Balaban J connectivity index is 1.51. The van der Waals surface area contributed by atoms with E-state index in [0.29, 0.717) is 12.2 Å². The average Bonchev–Trinajstić information content (AvgIpc) is 2.52. The minimum Gasteiger partial charge on any atom is -0.493 e. The number of piperidine rings is 1. The second kappa shape index (κ2) is 6.76. The Kier molecular flexibility index (Phi) is 4.55. The normalized spacial score (nSPS) is 16.2. The number of nitrogens with zero attached hydrogens (tertiary/aromatic N) is 1. The van der Waals surface area contributed by atoms with Crippen molar-refractivity contribution in [3.8, 4) is 5.75 Å². The molecule has 1 aliphatic rings. The van der Waals surface area contributed by atoms with Crippen LogP contribution in [0.5, 0.6) is 5.75 Å². The van der Waals surface area contributed by atoms with Gasteiger partial charge < -0.3 is 14.1 Å². The zero-order valence-corrected chi connectivity index (χ0v) is 12.2. The van der Waals surface area contributed by atoms with E-state index in [4.69, 9.17) is 9.15 Å². The fourth-order valence-corrected chi connectivity index (χ4v) is 2.79. The largest absolute Gasteiger partial charge is 0.493 e. The summed E-state index contributed by atoms with van der Waals surface area (Å²) in [6, 6.07) is 8.82. The van der Waals surface area contributed by atoms with E-state index in [0.717, 1.165) is 24.1 Å². The highest BCUT2D eigenvalue weighted by molar-refractivity contribution is 5.77. The van der Waals surface area contributed by atoms with Crippen LogP contribution in [0, 0.1) is 0 Å². The summed E-state index contributed by atoms with van der Waals surface area (Å²) in [4.78, 5) is 13.7. The van der Waals surface area contributed by atoms with Crippen molar-refractivity contribution < 1.29 is 9.15 Å². The molecule has 0 spiro atoms. The fraction of sp³-hybridized carbons (Fsp3) is 0.471. The van der Waals surface area contributed by atoms with Crippen molar-refractivity contribution in [2.45, 2.75) is 25.7 Å². The van der Waals surface area contributed by atoms with Crippen molar-refractivity contribution in [1.82, 2.24) is 4.90 Å². The number of fused-ring (bicyclic) bond motifs is 1. The van der Waals surface area contributed by atoms with Gasteiger partial charge in [0.2, 0.25) is 0 Å². The maximum atomic E-state index is 11.2. The molecular weight excluding hydrogens is 266 g/mol. The van der Waals surface area contributed by atoms with Crippen molar-refractivity contribution in [1.29, 1.82) is 0 Å². The van der Waals surface area contributed by atoms with Crippen molar-refractivity contribution in [3.63, 3.8) is 0 Å². The number of ether oxygens (including phenoxy) is 1. The molecule has 0 unspecified atom stereocenters. The van der Waals surface area contributed by atoms with Gasteiger partial charge in [0.25, 0.3) is 0 Å². The zero-order valence-electron chi connectivity index (χ0n) is 12.2. The SMILES string of the molecule is O=c1ccc2ccc(OCCCN3CCCCC3)cc2o1. The van der Waals surface area contributed by atoms with Crippen LogP contribution in [-0.2, 0) is 0 Å². The molecule has 1 aromatic heterocycles. The first-order valence-electron chi connectivity index (χ1n) is 7.70. The lowest BCUT2D eigenvalue weighted by Crippen LogP contribution is -2.31.